The average molecular weight is 502 g/mol. The molecule has 4 heterocycles. The molecule has 190 valence electrons. The minimum absolute atomic E-state index is 0.555. The van der Waals surface area contributed by atoms with E-state index in [9.17, 15) is 26.3 Å². The van der Waals surface area contributed by atoms with Crippen molar-refractivity contribution in [2.24, 2.45) is 0 Å². The SMILES string of the molecule is O=C(O)C(F)(F)F.O=C(O)C(F)(F)F.c1cn(Cc2noc3c2CN(C2CCOC2)CC3)cn1. The van der Waals surface area contributed by atoms with Gasteiger partial charge in [0.1, 0.15) is 11.5 Å². The quantitative estimate of drug-likeness (QED) is 0.608. The molecule has 10 nitrogen and oxygen atoms in total. The van der Waals surface area contributed by atoms with E-state index >= 15 is 0 Å². The first kappa shape index (κ1) is 27.1. The third kappa shape index (κ3) is 8.02. The van der Waals surface area contributed by atoms with Crippen LogP contribution in [0.3, 0.4) is 0 Å². The molecule has 0 saturated carbocycles. The van der Waals surface area contributed by atoms with Gasteiger partial charge in [0.05, 0.1) is 19.5 Å². The highest BCUT2D eigenvalue weighted by Gasteiger charge is 2.39. The van der Waals surface area contributed by atoms with E-state index in [0.29, 0.717) is 6.04 Å². The van der Waals surface area contributed by atoms with Gasteiger partial charge >= 0.3 is 24.3 Å². The van der Waals surface area contributed by atoms with Crippen LogP contribution in [0, 0.1) is 0 Å². The number of carbonyl (C=O) groups is 2. The lowest BCUT2D eigenvalue weighted by Gasteiger charge is -2.30. The molecule has 1 atom stereocenters. The van der Waals surface area contributed by atoms with Crippen molar-refractivity contribution in [3.63, 3.8) is 0 Å². The summed E-state index contributed by atoms with van der Waals surface area (Å²) >= 11 is 0. The molecule has 1 unspecified atom stereocenters. The van der Waals surface area contributed by atoms with Crippen LogP contribution < -0.4 is 0 Å². The molecule has 16 heteroatoms. The Balaban J connectivity index is 0.000000244. The summed E-state index contributed by atoms with van der Waals surface area (Å²) in [7, 11) is 0. The van der Waals surface area contributed by atoms with Gasteiger partial charge < -0.3 is 24.0 Å². The molecule has 1 fully saturated rings. The zero-order valence-electron chi connectivity index (χ0n) is 17.3. The number of alkyl halides is 6. The van der Waals surface area contributed by atoms with Gasteiger partial charge in [-0.15, -0.1) is 0 Å². The second-order valence-corrected chi connectivity index (χ2v) is 7.11. The predicted octanol–water partition coefficient (Wildman–Crippen LogP) is 2.33. The summed E-state index contributed by atoms with van der Waals surface area (Å²) in [5.74, 6) is -4.46. The van der Waals surface area contributed by atoms with E-state index in [1.165, 1.54) is 5.56 Å². The maximum Gasteiger partial charge on any atom is 0.490 e. The Labute approximate surface area is 187 Å². The Bertz CT molecular complexity index is 914. The summed E-state index contributed by atoms with van der Waals surface area (Å²) in [5.41, 5.74) is 2.29. The number of ether oxygens (including phenoxy) is 1. The number of aromatic nitrogens is 3. The van der Waals surface area contributed by atoms with Crippen molar-refractivity contribution < 1.29 is 55.4 Å². The Morgan fingerprint density at radius 3 is 2.21 bits per heavy atom. The number of carboxylic acid groups (broad SMARTS) is 2. The number of carboxylic acids is 2. The van der Waals surface area contributed by atoms with Gasteiger partial charge in [-0.05, 0) is 6.42 Å². The predicted molar refractivity (Wildman–Crippen MR) is 98.6 cm³/mol. The lowest BCUT2D eigenvalue weighted by Crippen LogP contribution is -2.39. The molecule has 0 aliphatic carbocycles. The Hall–Kier alpha value is -3.14. The number of rotatable bonds is 3. The summed E-state index contributed by atoms with van der Waals surface area (Å²) in [6.45, 7) is 4.45. The van der Waals surface area contributed by atoms with Crippen LogP contribution in [0.25, 0.3) is 0 Å². The van der Waals surface area contributed by atoms with Crippen LogP contribution in [0.5, 0.6) is 0 Å². The van der Waals surface area contributed by atoms with E-state index in [0.717, 1.165) is 57.1 Å². The molecule has 2 N–H and O–H groups in total. The summed E-state index contributed by atoms with van der Waals surface area (Å²) in [6.07, 6.45) is -2.53. The summed E-state index contributed by atoms with van der Waals surface area (Å²) in [6, 6.07) is 0.555. The van der Waals surface area contributed by atoms with Gasteiger partial charge in [-0.1, -0.05) is 5.16 Å². The van der Waals surface area contributed by atoms with E-state index in [2.05, 4.69) is 15.0 Å². The van der Waals surface area contributed by atoms with E-state index in [-0.39, 0.29) is 0 Å². The minimum atomic E-state index is -5.08. The zero-order valence-corrected chi connectivity index (χ0v) is 17.3. The van der Waals surface area contributed by atoms with Gasteiger partial charge in [0, 0.05) is 50.1 Å². The summed E-state index contributed by atoms with van der Waals surface area (Å²) in [5, 5.41) is 18.5. The van der Waals surface area contributed by atoms with Gasteiger partial charge in [0.15, 0.2) is 0 Å². The highest BCUT2D eigenvalue weighted by atomic mass is 19.4. The lowest BCUT2D eigenvalue weighted by atomic mass is 10.0. The zero-order chi connectivity index (χ0) is 25.5. The fraction of sp³-hybridized carbons (Fsp3) is 0.556. The van der Waals surface area contributed by atoms with E-state index in [1.54, 1.807) is 6.20 Å². The monoisotopic (exact) mass is 502 g/mol. The normalized spacial score (nSPS) is 18.2. The Morgan fingerprint density at radius 1 is 1.12 bits per heavy atom. The van der Waals surface area contributed by atoms with Crippen LogP contribution >= 0.6 is 0 Å². The molecule has 4 rings (SSSR count). The topological polar surface area (TPSA) is 131 Å². The molecule has 2 aromatic heterocycles. The van der Waals surface area contributed by atoms with Gasteiger partial charge in [0.25, 0.3) is 0 Å². The van der Waals surface area contributed by atoms with Crippen LogP contribution in [0.4, 0.5) is 26.3 Å². The van der Waals surface area contributed by atoms with E-state index in [4.69, 9.17) is 29.1 Å². The highest BCUT2D eigenvalue weighted by Crippen LogP contribution is 2.26. The molecule has 2 aromatic rings. The van der Waals surface area contributed by atoms with Crippen molar-refractivity contribution in [2.45, 2.75) is 44.3 Å². The number of hydrogen-bond acceptors (Lipinski definition) is 7. The molecule has 0 spiro atoms. The third-order valence-corrected chi connectivity index (χ3v) is 4.74. The van der Waals surface area contributed by atoms with Crippen molar-refractivity contribution in [1.82, 2.24) is 19.6 Å². The summed E-state index contributed by atoms with van der Waals surface area (Å²) < 4.78 is 76.5. The van der Waals surface area contributed by atoms with Gasteiger partial charge in [-0.3, -0.25) is 4.90 Å². The van der Waals surface area contributed by atoms with Crippen molar-refractivity contribution in [2.75, 3.05) is 19.8 Å². The van der Waals surface area contributed by atoms with E-state index < -0.39 is 24.3 Å². The fourth-order valence-corrected chi connectivity index (χ4v) is 3.08. The molecular weight excluding hydrogens is 482 g/mol. The van der Waals surface area contributed by atoms with Crippen LogP contribution in [0.15, 0.2) is 23.2 Å². The van der Waals surface area contributed by atoms with Crippen LogP contribution in [-0.2, 0) is 33.8 Å². The van der Waals surface area contributed by atoms with Gasteiger partial charge in [0.2, 0.25) is 0 Å². The molecule has 2 aliphatic heterocycles. The molecule has 2 aliphatic rings. The number of nitrogens with zero attached hydrogens (tertiary/aromatic N) is 4. The first-order valence-corrected chi connectivity index (χ1v) is 9.63. The average Bonchev–Trinajstić information content (AvgIpc) is 3.50. The molecule has 0 aromatic carbocycles. The Kier molecular flexibility index (Phi) is 9.03. The van der Waals surface area contributed by atoms with Crippen molar-refractivity contribution in [3.8, 4) is 0 Å². The smallest absolute Gasteiger partial charge is 0.475 e. The standard InChI is InChI=1S/C14H18N4O2.2C2HF3O2/c1-4-18(11-2-6-19-9-11)7-12-13(16-20-14(1)12)8-17-5-3-15-10-17;2*3-2(4,5)1(6)7/h3,5,10-11H,1-2,4,6-9H2;2*(H,6,7). The number of hydrogen-bond donors (Lipinski definition) is 2. The first-order chi connectivity index (χ1) is 15.8. The van der Waals surface area contributed by atoms with Crippen LogP contribution in [-0.4, -0.2) is 79.9 Å². The van der Waals surface area contributed by atoms with E-state index in [1.807, 2.05) is 17.1 Å². The van der Waals surface area contributed by atoms with Crippen molar-refractivity contribution in [1.29, 1.82) is 0 Å². The van der Waals surface area contributed by atoms with Crippen LogP contribution in [0.1, 0.15) is 23.4 Å². The van der Waals surface area contributed by atoms with Gasteiger partial charge in [-0.2, -0.15) is 26.3 Å². The number of aliphatic carboxylic acids is 2. The number of halogens is 6. The third-order valence-electron chi connectivity index (χ3n) is 4.74. The fourth-order valence-electron chi connectivity index (χ4n) is 3.08. The molecule has 0 radical (unpaired) electrons. The summed E-state index contributed by atoms with van der Waals surface area (Å²) in [4.78, 5) is 24.4. The number of fused-ring (bicyclic) bond motifs is 1. The van der Waals surface area contributed by atoms with Crippen molar-refractivity contribution in [3.05, 3.63) is 35.7 Å². The van der Waals surface area contributed by atoms with Crippen LogP contribution in [0.2, 0.25) is 0 Å². The highest BCUT2D eigenvalue weighted by molar-refractivity contribution is 5.73. The lowest BCUT2D eigenvalue weighted by molar-refractivity contribution is -0.193. The second-order valence-electron chi connectivity index (χ2n) is 7.11. The molecular formula is C18H20F6N4O6. The largest absolute Gasteiger partial charge is 0.490 e. The number of imidazole rings is 1. The Morgan fingerprint density at radius 2 is 1.74 bits per heavy atom. The van der Waals surface area contributed by atoms with Gasteiger partial charge in [-0.25, -0.2) is 14.6 Å². The first-order valence-electron chi connectivity index (χ1n) is 9.63. The maximum atomic E-state index is 10.6. The molecule has 0 bridgehead atoms. The van der Waals surface area contributed by atoms with Crippen molar-refractivity contribution >= 4 is 11.9 Å². The minimum Gasteiger partial charge on any atom is -0.475 e. The molecule has 0 amide bonds. The maximum absolute atomic E-state index is 10.6. The molecule has 1 saturated heterocycles. The molecule has 34 heavy (non-hydrogen) atoms. The second kappa shape index (κ2) is 11.3.